The van der Waals surface area contributed by atoms with Crippen molar-refractivity contribution in [1.82, 2.24) is 24.5 Å². The van der Waals surface area contributed by atoms with Gasteiger partial charge in [0.25, 0.3) is 0 Å². The van der Waals surface area contributed by atoms with Crippen LogP contribution >= 0.6 is 11.9 Å². The Hall–Kier alpha value is -0.620. The van der Waals surface area contributed by atoms with E-state index in [1.54, 1.807) is 11.9 Å². The van der Waals surface area contributed by atoms with E-state index in [2.05, 4.69) is 20.3 Å². The minimum atomic E-state index is 0.976. The highest BCUT2D eigenvalue weighted by atomic mass is 32.2. The van der Waals surface area contributed by atoms with Crippen molar-refractivity contribution >= 4 is 11.9 Å². The topological polar surface area (TPSA) is 46.8 Å². The molecule has 0 amide bonds. The van der Waals surface area contributed by atoms with Crippen molar-refractivity contribution in [1.29, 1.82) is 0 Å². The van der Waals surface area contributed by atoms with Crippen LogP contribution in [0, 0.1) is 0 Å². The van der Waals surface area contributed by atoms with E-state index in [0.29, 0.717) is 0 Å². The van der Waals surface area contributed by atoms with Crippen molar-refractivity contribution in [2.24, 2.45) is 0 Å². The number of nitrogens with zero attached hydrogens (tertiary/aromatic N) is 5. The summed E-state index contributed by atoms with van der Waals surface area (Å²) in [5.74, 6) is 0.976. The highest BCUT2D eigenvalue weighted by molar-refractivity contribution is 7.97. The molecule has 11 heavy (non-hydrogen) atoms. The maximum absolute atomic E-state index is 3.85. The molecule has 1 aromatic rings. The predicted molar refractivity (Wildman–Crippen MR) is 44.2 cm³/mol. The van der Waals surface area contributed by atoms with Gasteiger partial charge in [-0.25, -0.2) is 0 Å². The van der Waals surface area contributed by atoms with Gasteiger partial charge in [-0.15, -0.1) is 14.4 Å². The molecule has 0 unspecified atom stereocenters. The molecule has 0 N–H and O–H groups in total. The molecule has 0 bridgehead atoms. The predicted octanol–water partition coefficient (Wildman–Crippen LogP) is -0.269. The summed E-state index contributed by atoms with van der Waals surface area (Å²) in [6, 6.07) is 0. The zero-order chi connectivity index (χ0) is 8.10. The van der Waals surface area contributed by atoms with E-state index in [0.717, 1.165) is 12.3 Å². The van der Waals surface area contributed by atoms with Gasteiger partial charge in [0.1, 0.15) is 0 Å². The SMILES string of the molecule is CN(C)CCSn1ncnn1. The van der Waals surface area contributed by atoms with Gasteiger partial charge in [-0.2, -0.15) is 0 Å². The average Bonchev–Trinajstić information content (AvgIpc) is 2.39. The molecule has 1 heterocycles. The van der Waals surface area contributed by atoms with Crippen LogP contribution < -0.4 is 0 Å². The summed E-state index contributed by atoms with van der Waals surface area (Å²) in [6.07, 6.45) is 1.43. The minimum Gasteiger partial charge on any atom is -0.309 e. The largest absolute Gasteiger partial charge is 0.309 e. The molecule has 0 atom stereocenters. The summed E-state index contributed by atoms with van der Waals surface area (Å²) in [6.45, 7) is 1.02. The third-order valence-corrected chi connectivity index (χ3v) is 1.84. The quantitative estimate of drug-likeness (QED) is 0.627. The Labute approximate surface area is 69.9 Å². The first-order valence-electron chi connectivity index (χ1n) is 3.30. The first kappa shape index (κ1) is 8.48. The molecule has 0 aliphatic heterocycles. The van der Waals surface area contributed by atoms with Crippen LogP contribution in [0.25, 0.3) is 0 Å². The zero-order valence-corrected chi connectivity index (χ0v) is 7.45. The van der Waals surface area contributed by atoms with Crippen molar-refractivity contribution in [3.05, 3.63) is 6.33 Å². The van der Waals surface area contributed by atoms with Gasteiger partial charge in [0.15, 0.2) is 6.33 Å². The third-order valence-electron chi connectivity index (χ3n) is 1.08. The standard InChI is InChI=1S/C5H11N5S/c1-9(2)3-4-11-10-7-5-6-8-10/h5H,3-4H2,1-2H3. The summed E-state index contributed by atoms with van der Waals surface area (Å²) in [7, 11) is 4.07. The van der Waals surface area contributed by atoms with E-state index < -0.39 is 0 Å². The molecule has 0 saturated carbocycles. The van der Waals surface area contributed by atoms with Gasteiger partial charge in [0.2, 0.25) is 0 Å². The normalized spacial score (nSPS) is 10.8. The van der Waals surface area contributed by atoms with Crippen LogP contribution in [0.15, 0.2) is 6.33 Å². The molecule has 0 aliphatic carbocycles. The molecule has 6 heteroatoms. The van der Waals surface area contributed by atoms with Gasteiger partial charge < -0.3 is 4.90 Å². The van der Waals surface area contributed by atoms with Crippen molar-refractivity contribution < 1.29 is 0 Å². The van der Waals surface area contributed by atoms with Crippen molar-refractivity contribution in [2.45, 2.75) is 0 Å². The summed E-state index contributed by atoms with van der Waals surface area (Å²) < 4.78 is 1.52. The van der Waals surface area contributed by atoms with E-state index in [1.807, 2.05) is 14.1 Å². The Bertz CT molecular complexity index is 185. The van der Waals surface area contributed by atoms with Gasteiger partial charge in [0.05, 0.1) is 0 Å². The summed E-state index contributed by atoms with van der Waals surface area (Å²) >= 11 is 1.55. The molecule has 0 fully saturated rings. The number of tetrazole rings is 1. The lowest BCUT2D eigenvalue weighted by Gasteiger charge is -2.06. The Morgan fingerprint density at radius 1 is 1.55 bits per heavy atom. The summed E-state index contributed by atoms with van der Waals surface area (Å²) in [5, 5.41) is 11.2. The second kappa shape index (κ2) is 4.30. The molecule has 0 radical (unpaired) electrons. The first-order valence-corrected chi connectivity index (χ1v) is 4.24. The summed E-state index contributed by atoms with van der Waals surface area (Å²) in [5.41, 5.74) is 0. The van der Waals surface area contributed by atoms with Crippen molar-refractivity contribution in [3.8, 4) is 0 Å². The fraction of sp³-hybridized carbons (Fsp3) is 0.800. The molecular weight excluding hydrogens is 162 g/mol. The van der Waals surface area contributed by atoms with Gasteiger partial charge in [-0.1, -0.05) is 0 Å². The molecule has 62 valence electrons. The minimum absolute atomic E-state index is 0.976. The van der Waals surface area contributed by atoms with E-state index in [-0.39, 0.29) is 0 Å². The molecule has 0 aromatic carbocycles. The molecule has 1 rings (SSSR count). The second-order valence-corrected chi connectivity index (χ2v) is 3.32. The number of rotatable bonds is 4. The van der Waals surface area contributed by atoms with Crippen LogP contribution in [0.5, 0.6) is 0 Å². The maximum atomic E-state index is 3.85. The Morgan fingerprint density at radius 2 is 2.36 bits per heavy atom. The van der Waals surface area contributed by atoms with Gasteiger partial charge in [-0.3, -0.25) is 0 Å². The van der Waals surface area contributed by atoms with Crippen molar-refractivity contribution in [2.75, 3.05) is 26.4 Å². The van der Waals surface area contributed by atoms with E-state index in [1.165, 1.54) is 10.5 Å². The van der Waals surface area contributed by atoms with E-state index in [4.69, 9.17) is 0 Å². The second-order valence-electron chi connectivity index (χ2n) is 2.33. The lowest BCUT2D eigenvalue weighted by atomic mass is 10.7. The Morgan fingerprint density at radius 3 is 2.91 bits per heavy atom. The van der Waals surface area contributed by atoms with E-state index >= 15 is 0 Å². The average molecular weight is 173 g/mol. The maximum Gasteiger partial charge on any atom is 0.163 e. The molecule has 0 saturated heterocycles. The monoisotopic (exact) mass is 173 g/mol. The van der Waals surface area contributed by atoms with Crippen LogP contribution in [0.4, 0.5) is 0 Å². The Kier molecular flexibility index (Phi) is 3.31. The van der Waals surface area contributed by atoms with Crippen LogP contribution in [0.3, 0.4) is 0 Å². The smallest absolute Gasteiger partial charge is 0.163 e. The highest BCUT2D eigenvalue weighted by Gasteiger charge is 1.94. The fourth-order valence-corrected chi connectivity index (χ4v) is 1.33. The van der Waals surface area contributed by atoms with E-state index in [9.17, 15) is 0 Å². The first-order chi connectivity index (χ1) is 5.29. The number of hydrogen-bond donors (Lipinski definition) is 0. The molecular formula is C5H11N5S. The molecule has 1 aromatic heterocycles. The third kappa shape index (κ3) is 3.33. The number of aromatic nitrogens is 4. The zero-order valence-electron chi connectivity index (χ0n) is 6.64. The number of hydrogen-bond acceptors (Lipinski definition) is 5. The highest BCUT2D eigenvalue weighted by Crippen LogP contribution is 1.98. The van der Waals surface area contributed by atoms with Crippen LogP contribution in [0.2, 0.25) is 0 Å². The lowest BCUT2D eigenvalue weighted by molar-refractivity contribution is 0.437. The van der Waals surface area contributed by atoms with Crippen molar-refractivity contribution in [3.63, 3.8) is 0 Å². The van der Waals surface area contributed by atoms with Gasteiger partial charge in [-0.05, 0) is 19.3 Å². The molecule has 0 spiro atoms. The summed E-state index contributed by atoms with van der Waals surface area (Å²) in [4.78, 5) is 2.12. The van der Waals surface area contributed by atoms with Crippen LogP contribution in [-0.2, 0) is 0 Å². The molecule has 0 aliphatic rings. The van der Waals surface area contributed by atoms with Gasteiger partial charge in [0, 0.05) is 24.2 Å². The molecule has 5 nitrogen and oxygen atoms in total. The lowest BCUT2D eigenvalue weighted by Crippen LogP contribution is -2.15. The van der Waals surface area contributed by atoms with Crippen LogP contribution in [0.1, 0.15) is 0 Å². The van der Waals surface area contributed by atoms with Crippen LogP contribution in [-0.4, -0.2) is 50.9 Å². The van der Waals surface area contributed by atoms with Gasteiger partial charge >= 0.3 is 0 Å². The Balaban J connectivity index is 2.14. The fourth-order valence-electron chi connectivity index (χ4n) is 0.522.